The average molecular weight is 479 g/mol. The Hall–Kier alpha value is -2.32. The number of thiophene rings is 1. The van der Waals surface area contributed by atoms with Crippen LogP contribution in [-0.4, -0.2) is 46.4 Å². The maximum Gasteiger partial charge on any atom is 0.410 e. The van der Waals surface area contributed by atoms with Gasteiger partial charge in [-0.05, 0) is 31.9 Å². The highest BCUT2D eigenvalue weighted by Gasteiger charge is 2.32. The minimum Gasteiger partial charge on any atom is -0.445 e. The molecule has 1 N–H and O–H groups in total. The van der Waals surface area contributed by atoms with E-state index in [-0.39, 0.29) is 24.5 Å². The fourth-order valence-electron chi connectivity index (χ4n) is 3.75. The lowest BCUT2D eigenvalue weighted by molar-refractivity contribution is 0.0750. The molecule has 2 aromatic rings. The van der Waals surface area contributed by atoms with Gasteiger partial charge in [-0.3, -0.25) is 4.79 Å². The van der Waals surface area contributed by atoms with Crippen LogP contribution in [0.15, 0.2) is 24.8 Å². The summed E-state index contributed by atoms with van der Waals surface area (Å²) in [5.74, 6) is 0.825. The van der Waals surface area contributed by atoms with Gasteiger partial charge in [0, 0.05) is 34.9 Å². The molecular formula is C23H31ClN4O3S. The number of hydrogen-bond acceptors (Lipinski definition) is 6. The third-order valence-electron chi connectivity index (χ3n) is 5.52. The number of anilines is 1. The number of carbonyl (C=O) groups excluding carboxylic acids is 2. The lowest BCUT2D eigenvalue weighted by Crippen LogP contribution is -2.38. The number of aromatic nitrogens is 2. The number of hydrogen-bond donors (Lipinski definition) is 1. The highest BCUT2D eigenvalue weighted by molar-refractivity contribution is 7.16. The lowest BCUT2D eigenvalue weighted by atomic mass is 9.91. The number of halogens is 1. The normalized spacial score (nSPS) is 15.0. The quantitative estimate of drug-likeness (QED) is 0.538. The predicted octanol–water partition coefficient (Wildman–Crippen LogP) is 5.71. The summed E-state index contributed by atoms with van der Waals surface area (Å²) in [5, 5.41) is 8.18. The van der Waals surface area contributed by atoms with Crippen molar-refractivity contribution in [3.63, 3.8) is 0 Å². The molecule has 0 atom stereocenters. The summed E-state index contributed by atoms with van der Waals surface area (Å²) in [5.41, 5.74) is 1.31. The van der Waals surface area contributed by atoms with Crippen LogP contribution in [0.3, 0.4) is 0 Å². The molecule has 0 aliphatic carbocycles. The van der Waals surface area contributed by atoms with E-state index >= 15 is 0 Å². The van der Waals surface area contributed by atoms with Gasteiger partial charge in [0.05, 0.1) is 16.6 Å². The second-order valence-electron chi connectivity index (χ2n) is 9.01. The molecule has 1 amide bonds. The van der Waals surface area contributed by atoms with E-state index in [0.717, 1.165) is 39.1 Å². The van der Waals surface area contributed by atoms with E-state index in [9.17, 15) is 9.59 Å². The van der Waals surface area contributed by atoms with Gasteiger partial charge >= 0.3 is 6.09 Å². The van der Waals surface area contributed by atoms with Crippen molar-refractivity contribution in [2.24, 2.45) is 5.41 Å². The molecule has 174 valence electrons. The fraction of sp³-hybridized carbons (Fsp3) is 0.522. The number of nitrogens with zero attached hydrogens (tertiary/aromatic N) is 3. The Morgan fingerprint density at radius 2 is 2.03 bits per heavy atom. The van der Waals surface area contributed by atoms with Crippen molar-refractivity contribution in [3.05, 3.63) is 45.3 Å². The molecule has 0 saturated carbocycles. The van der Waals surface area contributed by atoms with Crippen LogP contribution in [0.25, 0.3) is 0 Å². The Labute approximate surface area is 198 Å². The van der Waals surface area contributed by atoms with E-state index in [1.54, 1.807) is 11.0 Å². The van der Waals surface area contributed by atoms with Gasteiger partial charge in [0.25, 0.3) is 5.91 Å². The first-order valence-electron chi connectivity index (χ1n) is 10.8. The number of amides is 1. The Morgan fingerprint density at radius 1 is 1.34 bits per heavy atom. The number of ether oxygens (including phenoxy) is 1. The van der Waals surface area contributed by atoms with Crippen LogP contribution in [0.5, 0.6) is 0 Å². The number of carbonyl (C=O) groups is 2. The van der Waals surface area contributed by atoms with Crippen LogP contribution in [0.4, 0.5) is 10.6 Å². The van der Waals surface area contributed by atoms with Gasteiger partial charge in [-0.25, -0.2) is 4.79 Å². The van der Waals surface area contributed by atoms with Gasteiger partial charge in [0.2, 0.25) is 0 Å². The minimum atomic E-state index is -0.573. The topological polar surface area (TPSA) is 76.5 Å². The lowest BCUT2D eigenvalue weighted by Gasteiger charge is -2.30. The smallest absolute Gasteiger partial charge is 0.410 e. The van der Waals surface area contributed by atoms with Crippen molar-refractivity contribution < 1.29 is 14.3 Å². The van der Waals surface area contributed by atoms with Crippen LogP contribution >= 0.6 is 22.9 Å². The van der Waals surface area contributed by atoms with Crippen molar-refractivity contribution in [1.29, 1.82) is 0 Å². The number of piperidine rings is 1. The Bertz CT molecular complexity index is 984. The Kier molecular flexibility index (Phi) is 7.67. The molecule has 3 rings (SSSR count). The zero-order chi connectivity index (χ0) is 23.5. The maximum absolute atomic E-state index is 13.2. The molecule has 1 aliphatic heterocycles. The second kappa shape index (κ2) is 10.1. The van der Waals surface area contributed by atoms with E-state index in [0.29, 0.717) is 19.6 Å². The first kappa shape index (κ1) is 24.3. The van der Waals surface area contributed by atoms with Gasteiger partial charge in [0.15, 0.2) is 0 Å². The molecule has 0 unspecified atom stereocenters. The zero-order valence-corrected chi connectivity index (χ0v) is 20.7. The first-order valence-corrected chi connectivity index (χ1v) is 12.0. The van der Waals surface area contributed by atoms with Crippen LogP contribution in [0, 0.1) is 12.3 Å². The highest BCUT2D eigenvalue weighted by Crippen LogP contribution is 2.34. The van der Waals surface area contributed by atoms with Crippen LogP contribution in [-0.2, 0) is 11.3 Å². The van der Waals surface area contributed by atoms with Gasteiger partial charge < -0.3 is 15.0 Å². The third kappa shape index (κ3) is 5.53. The molecule has 2 aromatic heterocycles. The van der Waals surface area contributed by atoms with Gasteiger partial charge in [-0.2, -0.15) is 9.78 Å². The molecule has 1 aliphatic rings. The van der Waals surface area contributed by atoms with Crippen molar-refractivity contribution in [2.45, 2.75) is 53.0 Å². The summed E-state index contributed by atoms with van der Waals surface area (Å²) in [6, 6.07) is 3.84. The summed E-state index contributed by atoms with van der Waals surface area (Å²) in [4.78, 5) is 28.1. The van der Waals surface area contributed by atoms with Gasteiger partial charge in [-0.1, -0.05) is 45.0 Å². The summed E-state index contributed by atoms with van der Waals surface area (Å²) in [6.07, 6.45) is 2.78. The highest BCUT2D eigenvalue weighted by atomic mass is 35.5. The fourth-order valence-corrected chi connectivity index (χ4v) is 4.77. The molecule has 32 heavy (non-hydrogen) atoms. The van der Waals surface area contributed by atoms with E-state index < -0.39 is 5.41 Å². The van der Waals surface area contributed by atoms with Crippen molar-refractivity contribution in [1.82, 2.24) is 14.7 Å². The van der Waals surface area contributed by atoms with Crippen LogP contribution in [0.2, 0.25) is 4.34 Å². The summed E-state index contributed by atoms with van der Waals surface area (Å²) in [6.45, 7) is 13.2. The third-order valence-corrected chi connectivity index (χ3v) is 6.75. The number of likely N-dealkylation sites (tertiary alicyclic amines) is 1. The summed E-state index contributed by atoms with van der Waals surface area (Å²) in [7, 11) is 0. The molecule has 3 heterocycles. The summed E-state index contributed by atoms with van der Waals surface area (Å²) >= 11 is 7.57. The zero-order valence-electron chi connectivity index (χ0n) is 19.1. The largest absolute Gasteiger partial charge is 0.445 e. The Balaban J connectivity index is 1.80. The SMILES string of the molecule is C=CCOC(=O)N1CCC(c2nn(C(=O)C(C)(C)C)c(NCc3ccc(Cl)s3)c2C)CC1. The Morgan fingerprint density at radius 3 is 2.59 bits per heavy atom. The molecule has 1 saturated heterocycles. The predicted molar refractivity (Wildman–Crippen MR) is 129 cm³/mol. The molecule has 1 fully saturated rings. The van der Waals surface area contributed by atoms with Crippen LogP contribution in [0.1, 0.15) is 60.5 Å². The van der Waals surface area contributed by atoms with Gasteiger partial charge in [-0.15, -0.1) is 11.3 Å². The van der Waals surface area contributed by atoms with E-state index in [1.807, 2.05) is 39.8 Å². The van der Waals surface area contributed by atoms with Crippen molar-refractivity contribution in [3.8, 4) is 0 Å². The molecule has 0 radical (unpaired) electrons. The van der Waals surface area contributed by atoms with Crippen LogP contribution < -0.4 is 5.32 Å². The number of nitrogens with one attached hydrogen (secondary N) is 1. The van der Waals surface area contributed by atoms with Gasteiger partial charge in [0.1, 0.15) is 12.4 Å². The second-order valence-corrected chi connectivity index (χ2v) is 10.8. The standard InChI is InChI=1S/C23H31ClN4O3S/c1-6-13-31-22(30)27-11-9-16(10-12-27)19-15(2)20(25-14-17-7-8-18(24)32-17)28(26-19)21(29)23(3,4)5/h6-8,16,25H,1,9-14H2,2-5H3. The van der Waals surface area contributed by atoms with Crippen molar-refractivity contribution in [2.75, 3.05) is 25.0 Å². The van der Waals surface area contributed by atoms with E-state index in [4.69, 9.17) is 21.4 Å². The molecule has 9 heteroatoms. The maximum atomic E-state index is 13.2. The minimum absolute atomic E-state index is 0.0657. The molecular weight excluding hydrogens is 448 g/mol. The molecule has 0 aromatic carbocycles. The number of rotatable bonds is 6. The molecule has 0 spiro atoms. The molecule has 7 nitrogen and oxygen atoms in total. The van der Waals surface area contributed by atoms with Crippen molar-refractivity contribution >= 4 is 40.8 Å². The van der Waals surface area contributed by atoms with E-state index in [1.165, 1.54) is 16.0 Å². The first-order chi connectivity index (χ1) is 15.1. The summed E-state index contributed by atoms with van der Waals surface area (Å²) < 4.78 is 7.40. The average Bonchev–Trinajstić information content (AvgIpc) is 3.32. The monoisotopic (exact) mass is 478 g/mol. The molecule has 0 bridgehead atoms. The van der Waals surface area contributed by atoms with E-state index in [2.05, 4.69) is 11.9 Å².